The molecule has 0 aliphatic carbocycles. The first-order chi connectivity index (χ1) is 8.84. The number of hydrogen-bond acceptors (Lipinski definition) is 2. The van der Waals surface area contributed by atoms with E-state index < -0.39 is 11.7 Å². The van der Waals surface area contributed by atoms with Gasteiger partial charge in [0.2, 0.25) is 0 Å². The SMILES string of the molecule is CC/C(=N\OCc1ccc(C(F)(F)F)cc1)C(C)C. The molecule has 5 heteroatoms. The molecule has 0 bridgehead atoms. The lowest BCUT2D eigenvalue weighted by Crippen LogP contribution is -2.07. The zero-order valence-corrected chi connectivity index (χ0v) is 11.3. The smallest absolute Gasteiger partial charge is 0.391 e. The Morgan fingerprint density at radius 1 is 1.21 bits per heavy atom. The van der Waals surface area contributed by atoms with E-state index in [1.54, 1.807) is 0 Å². The summed E-state index contributed by atoms with van der Waals surface area (Å²) in [4.78, 5) is 5.17. The molecule has 0 aromatic heterocycles. The van der Waals surface area contributed by atoms with E-state index in [0.29, 0.717) is 11.5 Å². The number of alkyl halides is 3. The van der Waals surface area contributed by atoms with Crippen molar-refractivity contribution in [2.75, 3.05) is 0 Å². The van der Waals surface area contributed by atoms with Crippen molar-refractivity contribution in [1.82, 2.24) is 0 Å². The van der Waals surface area contributed by atoms with Crippen molar-refractivity contribution in [2.45, 2.75) is 40.0 Å². The van der Waals surface area contributed by atoms with Crippen molar-refractivity contribution in [1.29, 1.82) is 0 Å². The molecule has 0 amide bonds. The van der Waals surface area contributed by atoms with Gasteiger partial charge in [-0.15, -0.1) is 0 Å². The van der Waals surface area contributed by atoms with Gasteiger partial charge in [0.05, 0.1) is 11.3 Å². The van der Waals surface area contributed by atoms with Crippen LogP contribution < -0.4 is 0 Å². The Morgan fingerprint density at radius 3 is 2.21 bits per heavy atom. The van der Waals surface area contributed by atoms with Gasteiger partial charge >= 0.3 is 6.18 Å². The molecule has 0 heterocycles. The molecule has 1 aromatic rings. The van der Waals surface area contributed by atoms with Crippen LogP contribution in [0, 0.1) is 5.92 Å². The van der Waals surface area contributed by atoms with Gasteiger partial charge in [-0.05, 0) is 30.0 Å². The fourth-order valence-electron chi connectivity index (χ4n) is 1.56. The van der Waals surface area contributed by atoms with Crippen LogP contribution in [-0.2, 0) is 17.6 Å². The van der Waals surface area contributed by atoms with E-state index in [4.69, 9.17) is 4.84 Å². The highest BCUT2D eigenvalue weighted by molar-refractivity contribution is 5.85. The topological polar surface area (TPSA) is 21.6 Å². The first-order valence-corrected chi connectivity index (χ1v) is 6.19. The number of halogens is 3. The van der Waals surface area contributed by atoms with Crippen LogP contribution in [-0.4, -0.2) is 5.71 Å². The first-order valence-electron chi connectivity index (χ1n) is 6.19. The van der Waals surface area contributed by atoms with E-state index >= 15 is 0 Å². The Morgan fingerprint density at radius 2 is 1.79 bits per heavy atom. The Labute approximate surface area is 111 Å². The van der Waals surface area contributed by atoms with Crippen LogP contribution in [0.3, 0.4) is 0 Å². The van der Waals surface area contributed by atoms with E-state index in [9.17, 15) is 13.2 Å². The standard InChI is InChI=1S/C14H18F3NO/c1-4-13(10(2)3)18-19-9-11-5-7-12(8-6-11)14(15,16)17/h5-8,10H,4,9H2,1-3H3/b18-13+. The molecule has 0 aliphatic rings. The Kier molecular flexibility index (Phi) is 5.39. The van der Waals surface area contributed by atoms with Crippen molar-refractivity contribution in [2.24, 2.45) is 11.1 Å². The largest absolute Gasteiger partial charge is 0.416 e. The van der Waals surface area contributed by atoms with Crippen LogP contribution in [0.5, 0.6) is 0 Å². The van der Waals surface area contributed by atoms with Gasteiger partial charge in [0.25, 0.3) is 0 Å². The number of benzene rings is 1. The number of rotatable bonds is 5. The average molecular weight is 273 g/mol. The molecule has 106 valence electrons. The molecule has 19 heavy (non-hydrogen) atoms. The molecule has 0 fully saturated rings. The van der Waals surface area contributed by atoms with E-state index in [1.165, 1.54) is 12.1 Å². The first kappa shape index (κ1) is 15.5. The molecular formula is C14H18F3NO. The maximum atomic E-state index is 12.4. The number of nitrogens with zero attached hydrogens (tertiary/aromatic N) is 1. The summed E-state index contributed by atoms with van der Waals surface area (Å²) in [5, 5.41) is 4.00. The summed E-state index contributed by atoms with van der Waals surface area (Å²) >= 11 is 0. The fourth-order valence-corrected chi connectivity index (χ4v) is 1.56. The van der Waals surface area contributed by atoms with E-state index in [-0.39, 0.29) is 6.61 Å². The summed E-state index contributed by atoms with van der Waals surface area (Å²) in [7, 11) is 0. The Bertz CT molecular complexity index is 421. The minimum atomic E-state index is -4.30. The van der Waals surface area contributed by atoms with Crippen LogP contribution >= 0.6 is 0 Å². The molecule has 1 aromatic carbocycles. The summed E-state index contributed by atoms with van der Waals surface area (Å²) in [6.07, 6.45) is -3.50. The maximum Gasteiger partial charge on any atom is 0.416 e. The van der Waals surface area contributed by atoms with Crippen molar-refractivity contribution < 1.29 is 18.0 Å². The van der Waals surface area contributed by atoms with Gasteiger partial charge < -0.3 is 4.84 Å². The predicted octanol–water partition coefficient (Wildman–Crippen LogP) is 4.64. The highest BCUT2D eigenvalue weighted by Gasteiger charge is 2.29. The molecule has 2 nitrogen and oxygen atoms in total. The van der Waals surface area contributed by atoms with Gasteiger partial charge in [0.15, 0.2) is 0 Å². The van der Waals surface area contributed by atoms with Crippen molar-refractivity contribution in [3.05, 3.63) is 35.4 Å². The second-order valence-corrected chi connectivity index (χ2v) is 4.56. The molecule has 1 rings (SSSR count). The van der Waals surface area contributed by atoms with E-state index in [0.717, 1.165) is 24.3 Å². The van der Waals surface area contributed by atoms with Gasteiger partial charge in [-0.1, -0.05) is 38.1 Å². The highest BCUT2D eigenvalue weighted by atomic mass is 19.4. The van der Waals surface area contributed by atoms with Crippen LogP contribution in [0.25, 0.3) is 0 Å². The van der Waals surface area contributed by atoms with Crippen LogP contribution in [0.1, 0.15) is 38.3 Å². The van der Waals surface area contributed by atoms with Crippen molar-refractivity contribution in [3.8, 4) is 0 Å². The molecule has 0 saturated carbocycles. The number of hydrogen-bond donors (Lipinski definition) is 0. The van der Waals surface area contributed by atoms with Crippen molar-refractivity contribution >= 4 is 5.71 Å². The summed E-state index contributed by atoms with van der Waals surface area (Å²) < 4.78 is 37.1. The van der Waals surface area contributed by atoms with Crippen LogP contribution in [0.4, 0.5) is 13.2 Å². The molecule has 0 radical (unpaired) electrons. The zero-order valence-electron chi connectivity index (χ0n) is 11.3. The van der Waals surface area contributed by atoms with Gasteiger partial charge in [-0.2, -0.15) is 13.2 Å². The number of oxime groups is 1. The maximum absolute atomic E-state index is 12.4. The summed E-state index contributed by atoms with van der Waals surface area (Å²) in [5.74, 6) is 0.303. The normalized spacial score (nSPS) is 12.9. The minimum absolute atomic E-state index is 0.175. The second kappa shape index (κ2) is 6.59. The molecular weight excluding hydrogens is 255 g/mol. The summed E-state index contributed by atoms with van der Waals surface area (Å²) in [6, 6.07) is 4.90. The third-order valence-corrected chi connectivity index (χ3v) is 2.72. The molecule has 0 N–H and O–H groups in total. The fraction of sp³-hybridized carbons (Fsp3) is 0.500. The van der Waals surface area contributed by atoms with Gasteiger partial charge in [0.1, 0.15) is 6.61 Å². The van der Waals surface area contributed by atoms with Crippen LogP contribution in [0.15, 0.2) is 29.4 Å². The van der Waals surface area contributed by atoms with Crippen LogP contribution in [0.2, 0.25) is 0 Å². The lowest BCUT2D eigenvalue weighted by Gasteiger charge is -2.09. The third kappa shape index (κ3) is 4.93. The monoisotopic (exact) mass is 273 g/mol. The highest BCUT2D eigenvalue weighted by Crippen LogP contribution is 2.29. The lowest BCUT2D eigenvalue weighted by atomic mass is 10.1. The second-order valence-electron chi connectivity index (χ2n) is 4.56. The lowest BCUT2D eigenvalue weighted by molar-refractivity contribution is -0.137. The molecule has 0 atom stereocenters. The average Bonchev–Trinajstić information content (AvgIpc) is 2.33. The Hall–Kier alpha value is -1.52. The van der Waals surface area contributed by atoms with Crippen molar-refractivity contribution in [3.63, 3.8) is 0 Å². The third-order valence-electron chi connectivity index (χ3n) is 2.72. The Balaban J connectivity index is 2.60. The predicted molar refractivity (Wildman–Crippen MR) is 68.8 cm³/mol. The summed E-state index contributed by atoms with van der Waals surface area (Å²) in [5.41, 5.74) is 0.944. The van der Waals surface area contributed by atoms with Gasteiger partial charge in [-0.3, -0.25) is 0 Å². The summed E-state index contributed by atoms with van der Waals surface area (Å²) in [6.45, 7) is 6.20. The zero-order chi connectivity index (χ0) is 14.5. The molecule has 0 saturated heterocycles. The van der Waals surface area contributed by atoms with Gasteiger partial charge in [0, 0.05) is 0 Å². The van der Waals surface area contributed by atoms with Gasteiger partial charge in [-0.25, -0.2) is 0 Å². The molecule has 0 unspecified atom stereocenters. The molecule has 0 aliphatic heterocycles. The quantitative estimate of drug-likeness (QED) is 0.565. The van der Waals surface area contributed by atoms with E-state index in [1.807, 2.05) is 20.8 Å². The minimum Gasteiger partial charge on any atom is -0.391 e. The molecule has 0 spiro atoms. The van der Waals surface area contributed by atoms with E-state index in [2.05, 4.69) is 5.16 Å².